The third-order valence-electron chi connectivity index (χ3n) is 4.65. The summed E-state index contributed by atoms with van der Waals surface area (Å²) in [5.41, 5.74) is 0.767. The summed E-state index contributed by atoms with van der Waals surface area (Å²) in [5.74, 6) is -0.559. The smallest absolute Gasteiger partial charge is 0.244 e. The molecular weight excluding hydrogens is 338 g/mol. The molecule has 0 aromatic heterocycles. The van der Waals surface area contributed by atoms with Gasteiger partial charge in [0.1, 0.15) is 17.4 Å². The van der Waals surface area contributed by atoms with Crippen molar-refractivity contribution in [3.8, 4) is 5.75 Å². The van der Waals surface area contributed by atoms with Crippen molar-refractivity contribution < 1.29 is 18.3 Å². The summed E-state index contributed by atoms with van der Waals surface area (Å²) in [6, 6.07) is 10.7. The fourth-order valence-electron chi connectivity index (χ4n) is 3.18. The lowest BCUT2D eigenvalue weighted by molar-refractivity contribution is -0.125. The Labute approximate surface area is 152 Å². The molecule has 4 nitrogen and oxygen atoms in total. The Hall–Kier alpha value is -2.47. The molecule has 1 aliphatic rings. The molecule has 2 aromatic carbocycles. The summed E-state index contributed by atoms with van der Waals surface area (Å²) >= 11 is 0. The van der Waals surface area contributed by atoms with Gasteiger partial charge >= 0.3 is 0 Å². The van der Waals surface area contributed by atoms with Crippen LogP contribution in [0.15, 0.2) is 42.5 Å². The average Bonchev–Trinajstić information content (AvgIpc) is 2.62. The van der Waals surface area contributed by atoms with Crippen LogP contribution in [0.25, 0.3) is 0 Å². The Morgan fingerprint density at radius 1 is 1.12 bits per heavy atom. The van der Waals surface area contributed by atoms with E-state index in [4.69, 9.17) is 4.74 Å². The van der Waals surface area contributed by atoms with Gasteiger partial charge in [0.2, 0.25) is 5.91 Å². The van der Waals surface area contributed by atoms with E-state index in [0.717, 1.165) is 5.69 Å². The molecule has 3 rings (SSSR count). The zero-order chi connectivity index (χ0) is 18.7. The van der Waals surface area contributed by atoms with Gasteiger partial charge in [0.05, 0.1) is 12.6 Å². The molecule has 1 amide bonds. The molecule has 1 aliphatic heterocycles. The van der Waals surface area contributed by atoms with E-state index in [1.165, 1.54) is 18.2 Å². The van der Waals surface area contributed by atoms with Crippen molar-refractivity contribution in [2.24, 2.45) is 0 Å². The number of nitrogens with zero attached hydrogens (tertiary/aromatic N) is 2. The minimum atomic E-state index is -0.587. The summed E-state index contributed by atoms with van der Waals surface area (Å²) < 4.78 is 33.3. The van der Waals surface area contributed by atoms with Gasteiger partial charge in [-0.25, -0.2) is 8.78 Å². The number of carbonyl (C=O) groups excluding carboxylic acids is 1. The van der Waals surface area contributed by atoms with Crippen LogP contribution in [-0.4, -0.2) is 36.5 Å². The van der Waals surface area contributed by atoms with Crippen LogP contribution in [0.5, 0.6) is 5.75 Å². The number of hydrogen-bond acceptors (Lipinski definition) is 3. The molecule has 0 spiro atoms. The first kappa shape index (κ1) is 18.3. The van der Waals surface area contributed by atoms with E-state index in [2.05, 4.69) is 0 Å². The van der Waals surface area contributed by atoms with Gasteiger partial charge in [-0.3, -0.25) is 9.69 Å². The van der Waals surface area contributed by atoms with E-state index < -0.39 is 17.7 Å². The van der Waals surface area contributed by atoms with Gasteiger partial charge in [-0.15, -0.1) is 0 Å². The molecule has 1 unspecified atom stereocenters. The van der Waals surface area contributed by atoms with Crippen molar-refractivity contribution in [2.45, 2.75) is 26.4 Å². The first-order valence-corrected chi connectivity index (χ1v) is 8.72. The van der Waals surface area contributed by atoms with E-state index in [1.807, 2.05) is 31.2 Å². The zero-order valence-electron chi connectivity index (χ0n) is 14.9. The molecule has 26 heavy (non-hydrogen) atoms. The Balaban J connectivity index is 1.75. The lowest BCUT2D eigenvalue weighted by Gasteiger charge is -2.39. The number of piperazine rings is 1. The normalized spacial score (nSPS) is 18.2. The molecule has 0 radical (unpaired) electrons. The Morgan fingerprint density at radius 3 is 2.50 bits per heavy atom. The second-order valence-electron chi connectivity index (χ2n) is 6.27. The maximum absolute atomic E-state index is 13.9. The second-order valence-corrected chi connectivity index (χ2v) is 6.27. The van der Waals surface area contributed by atoms with Gasteiger partial charge in [0.25, 0.3) is 0 Å². The number of amides is 1. The van der Waals surface area contributed by atoms with Gasteiger partial charge in [-0.05, 0) is 38.1 Å². The minimum absolute atomic E-state index is 0.000979. The van der Waals surface area contributed by atoms with Crippen molar-refractivity contribution in [3.63, 3.8) is 0 Å². The van der Waals surface area contributed by atoms with Crippen molar-refractivity contribution >= 4 is 11.6 Å². The molecule has 1 heterocycles. The third kappa shape index (κ3) is 3.70. The van der Waals surface area contributed by atoms with Crippen molar-refractivity contribution in [3.05, 3.63) is 59.7 Å². The summed E-state index contributed by atoms with van der Waals surface area (Å²) in [5, 5.41) is 0. The van der Waals surface area contributed by atoms with Gasteiger partial charge in [-0.1, -0.05) is 12.1 Å². The molecule has 0 bridgehead atoms. The largest absolute Gasteiger partial charge is 0.494 e. The van der Waals surface area contributed by atoms with Gasteiger partial charge in [0.15, 0.2) is 0 Å². The minimum Gasteiger partial charge on any atom is -0.494 e. The van der Waals surface area contributed by atoms with Gasteiger partial charge < -0.3 is 9.64 Å². The van der Waals surface area contributed by atoms with Crippen LogP contribution in [0.3, 0.4) is 0 Å². The topological polar surface area (TPSA) is 32.8 Å². The molecule has 6 heteroatoms. The van der Waals surface area contributed by atoms with Crippen LogP contribution in [0.2, 0.25) is 0 Å². The monoisotopic (exact) mass is 360 g/mol. The Morgan fingerprint density at radius 2 is 1.81 bits per heavy atom. The lowest BCUT2D eigenvalue weighted by Crippen LogP contribution is -2.55. The van der Waals surface area contributed by atoms with Crippen molar-refractivity contribution in [1.29, 1.82) is 0 Å². The fourth-order valence-corrected chi connectivity index (χ4v) is 3.18. The first-order chi connectivity index (χ1) is 12.5. The Bertz CT molecular complexity index is 777. The quantitative estimate of drug-likeness (QED) is 0.817. The van der Waals surface area contributed by atoms with E-state index in [0.29, 0.717) is 25.4 Å². The summed E-state index contributed by atoms with van der Waals surface area (Å²) in [6.07, 6.45) is 0. The zero-order valence-corrected chi connectivity index (χ0v) is 14.9. The molecule has 0 saturated carbocycles. The average molecular weight is 360 g/mol. The van der Waals surface area contributed by atoms with Gasteiger partial charge in [-0.2, -0.15) is 0 Å². The molecule has 1 atom stereocenters. The lowest BCUT2D eigenvalue weighted by atomic mass is 10.1. The van der Waals surface area contributed by atoms with E-state index >= 15 is 0 Å². The number of rotatable bonds is 5. The highest BCUT2D eigenvalue weighted by Crippen LogP contribution is 2.26. The summed E-state index contributed by atoms with van der Waals surface area (Å²) in [7, 11) is 0. The van der Waals surface area contributed by atoms with Crippen LogP contribution in [0.4, 0.5) is 14.5 Å². The second kappa shape index (κ2) is 7.83. The maximum atomic E-state index is 13.9. The number of hydrogen-bond donors (Lipinski definition) is 0. The number of ether oxygens (including phenoxy) is 1. The van der Waals surface area contributed by atoms with Crippen LogP contribution in [0.1, 0.15) is 19.4 Å². The SMILES string of the molecule is CCOc1cccc(N2CCN(Cc3c(F)cccc3F)C(C)C2=O)c1. The third-order valence-corrected chi connectivity index (χ3v) is 4.65. The van der Waals surface area contributed by atoms with E-state index in [1.54, 1.807) is 16.7 Å². The summed E-state index contributed by atoms with van der Waals surface area (Å²) in [6.45, 7) is 5.27. The molecular formula is C20H22F2N2O2. The highest BCUT2D eigenvalue weighted by Gasteiger charge is 2.33. The molecule has 1 fully saturated rings. The number of benzene rings is 2. The highest BCUT2D eigenvalue weighted by molar-refractivity contribution is 5.97. The molecule has 138 valence electrons. The highest BCUT2D eigenvalue weighted by atomic mass is 19.1. The number of carbonyl (C=O) groups is 1. The molecule has 0 aliphatic carbocycles. The molecule has 0 N–H and O–H groups in total. The predicted octanol–water partition coefficient (Wildman–Crippen LogP) is 3.60. The Kier molecular flexibility index (Phi) is 5.52. The fraction of sp³-hybridized carbons (Fsp3) is 0.350. The van der Waals surface area contributed by atoms with Crippen LogP contribution in [-0.2, 0) is 11.3 Å². The first-order valence-electron chi connectivity index (χ1n) is 8.72. The number of halogens is 2. The van der Waals surface area contributed by atoms with Crippen molar-refractivity contribution in [2.75, 3.05) is 24.6 Å². The summed E-state index contributed by atoms with van der Waals surface area (Å²) in [4.78, 5) is 16.3. The number of anilines is 1. The van der Waals surface area contributed by atoms with E-state index in [9.17, 15) is 13.6 Å². The molecule has 2 aromatic rings. The van der Waals surface area contributed by atoms with Crippen LogP contribution in [0, 0.1) is 11.6 Å². The van der Waals surface area contributed by atoms with E-state index in [-0.39, 0.29) is 18.0 Å². The standard InChI is InChI=1S/C20H22F2N2O2/c1-3-26-16-7-4-6-15(12-16)24-11-10-23(14(2)20(24)25)13-17-18(21)8-5-9-19(17)22/h4-9,12,14H,3,10-11,13H2,1-2H3. The van der Waals surface area contributed by atoms with Crippen LogP contribution >= 0.6 is 0 Å². The maximum Gasteiger partial charge on any atom is 0.244 e. The van der Waals surface area contributed by atoms with Crippen LogP contribution < -0.4 is 9.64 Å². The molecule has 1 saturated heterocycles. The van der Waals surface area contributed by atoms with Crippen molar-refractivity contribution in [1.82, 2.24) is 4.90 Å². The predicted molar refractivity (Wildman–Crippen MR) is 96.2 cm³/mol. The van der Waals surface area contributed by atoms with Gasteiger partial charge in [0, 0.05) is 37.0 Å².